The average Bonchev–Trinajstić information content (AvgIpc) is 2.74. The van der Waals surface area contributed by atoms with Crippen LogP contribution in [-0.2, 0) is 22.4 Å². The minimum absolute atomic E-state index is 0.00148. The third-order valence-electron chi connectivity index (χ3n) is 4.92. The standard InChI is InChI=1S/C18H25N3O2S/c1-13-12-23-10-9-21(13)8-7-17(22)20-18-15(11-19)14-5-3-2-4-6-16(14)24-18/h13H,2-10,12H2,1H3,(H,20,22). The molecule has 1 aromatic heterocycles. The number of aryl methyl sites for hydroxylation is 1. The number of hydrogen-bond donors (Lipinski definition) is 1. The van der Waals surface area contributed by atoms with Crippen molar-refractivity contribution in [2.75, 3.05) is 31.6 Å². The van der Waals surface area contributed by atoms with Gasteiger partial charge in [0.15, 0.2) is 0 Å². The first-order valence-corrected chi connectivity index (χ1v) is 9.67. The molecule has 1 aliphatic carbocycles. The van der Waals surface area contributed by atoms with Crippen LogP contribution in [0.4, 0.5) is 5.00 Å². The molecule has 0 radical (unpaired) electrons. The van der Waals surface area contributed by atoms with Crippen LogP contribution in [0, 0.1) is 11.3 Å². The number of amides is 1. The molecule has 1 unspecified atom stereocenters. The third kappa shape index (κ3) is 3.97. The summed E-state index contributed by atoms with van der Waals surface area (Å²) in [5.41, 5.74) is 1.88. The van der Waals surface area contributed by atoms with Gasteiger partial charge in [-0.3, -0.25) is 9.69 Å². The zero-order chi connectivity index (χ0) is 16.9. The van der Waals surface area contributed by atoms with Gasteiger partial charge in [0, 0.05) is 30.4 Å². The second-order valence-electron chi connectivity index (χ2n) is 6.64. The molecule has 1 atom stereocenters. The molecule has 24 heavy (non-hydrogen) atoms. The van der Waals surface area contributed by atoms with Crippen LogP contribution in [0.2, 0.25) is 0 Å². The van der Waals surface area contributed by atoms with E-state index < -0.39 is 0 Å². The molecular formula is C18H25N3O2S. The molecule has 0 spiro atoms. The summed E-state index contributed by atoms with van der Waals surface area (Å²) >= 11 is 1.60. The van der Waals surface area contributed by atoms with Crippen molar-refractivity contribution < 1.29 is 9.53 Å². The van der Waals surface area contributed by atoms with E-state index in [4.69, 9.17) is 4.74 Å². The topological polar surface area (TPSA) is 65.4 Å². The predicted octanol–water partition coefficient (Wildman–Crippen LogP) is 2.94. The molecule has 1 saturated heterocycles. The van der Waals surface area contributed by atoms with Crippen molar-refractivity contribution in [2.24, 2.45) is 0 Å². The Morgan fingerprint density at radius 2 is 2.25 bits per heavy atom. The van der Waals surface area contributed by atoms with Gasteiger partial charge in [0.1, 0.15) is 11.1 Å². The Balaban J connectivity index is 1.61. The zero-order valence-electron chi connectivity index (χ0n) is 14.3. The lowest BCUT2D eigenvalue weighted by molar-refractivity contribution is -0.117. The van der Waals surface area contributed by atoms with Gasteiger partial charge in [-0.25, -0.2) is 0 Å². The second-order valence-corrected chi connectivity index (χ2v) is 7.74. The number of carbonyl (C=O) groups excluding carboxylic acids is 1. The number of nitrogens with zero attached hydrogens (tertiary/aromatic N) is 2. The Morgan fingerprint density at radius 1 is 1.42 bits per heavy atom. The number of anilines is 1. The van der Waals surface area contributed by atoms with Gasteiger partial charge in [0.05, 0.1) is 18.8 Å². The molecule has 1 amide bonds. The maximum atomic E-state index is 12.3. The Hall–Kier alpha value is -1.42. The SMILES string of the molecule is CC1COCCN1CCC(=O)Nc1sc2c(c1C#N)CCCCC2. The van der Waals surface area contributed by atoms with Crippen LogP contribution >= 0.6 is 11.3 Å². The highest BCUT2D eigenvalue weighted by Gasteiger charge is 2.22. The highest BCUT2D eigenvalue weighted by Crippen LogP contribution is 2.37. The van der Waals surface area contributed by atoms with E-state index in [1.165, 1.54) is 23.3 Å². The number of nitriles is 1. The van der Waals surface area contributed by atoms with Gasteiger partial charge in [-0.1, -0.05) is 6.42 Å². The molecule has 6 heteroatoms. The van der Waals surface area contributed by atoms with Crippen molar-refractivity contribution in [2.45, 2.75) is 51.5 Å². The predicted molar refractivity (Wildman–Crippen MR) is 95.4 cm³/mol. The molecule has 0 bridgehead atoms. The average molecular weight is 347 g/mol. The molecule has 5 nitrogen and oxygen atoms in total. The van der Waals surface area contributed by atoms with Crippen molar-refractivity contribution in [3.8, 4) is 6.07 Å². The van der Waals surface area contributed by atoms with E-state index in [1.54, 1.807) is 11.3 Å². The molecule has 0 saturated carbocycles. The number of nitrogens with one attached hydrogen (secondary N) is 1. The van der Waals surface area contributed by atoms with Crippen LogP contribution in [-0.4, -0.2) is 43.2 Å². The van der Waals surface area contributed by atoms with Gasteiger partial charge >= 0.3 is 0 Å². The quantitative estimate of drug-likeness (QED) is 0.851. The number of carbonyl (C=O) groups is 1. The number of rotatable bonds is 4. The van der Waals surface area contributed by atoms with Gasteiger partial charge in [-0.05, 0) is 38.2 Å². The van der Waals surface area contributed by atoms with Gasteiger partial charge in [-0.15, -0.1) is 11.3 Å². The Bertz CT molecular complexity index is 635. The number of fused-ring (bicyclic) bond motifs is 1. The van der Waals surface area contributed by atoms with E-state index >= 15 is 0 Å². The molecular weight excluding hydrogens is 322 g/mol. The summed E-state index contributed by atoms with van der Waals surface area (Å²) in [4.78, 5) is 15.9. The van der Waals surface area contributed by atoms with E-state index in [0.717, 1.165) is 50.6 Å². The molecule has 1 fully saturated rings. The van der Waals surface area contributed by atoms with E-state index in [1.807, 2.05) is 0 Å². The van der Waals surface area contributed by atoms with Crippen LogP contribution in [0.3, 0.4) is 0 Å². The lowest BCUT2D eigenvalue weighted by atomic mass is 10.1. The first-order valence-electron chi connectivity index (χ1n) is 8.85. The molecule has 130 valence electrons. The summed E-state index contributed by atoms with van der Waals surface area (Å²) in [6.07, 6.45) is 6.01. The summed E-state index contributed by atoms with van der Waals surface area (Å²) < 4.78 is 5.42. The molecule has 2 heterocycles. The summed E-state index contributed by atoms with van der Waals surface area (Å²) in [6.45, 7) is 5.22. The monoisotopic (exact) mass is 347 g/mol. The summed E-state index contributed by atoms with van der Waals surface area (Å²) in [7, 11) is 0. The van der Waals surface area contributed by atoms with E-state index in [9.17, 15) is 10.1 Å². The summed E-state index contributed by atoms with van der Waals surface area (Å²) in [6, 6.07) is 2.68. The second kappa shape index (κ2) is 8.11. The fraction of sp³-hybridized carbons (Fsp3) is 0.667. The van der Waals surface area contributed by atoms with Crippen LogP contribution in [0.1, 0.15) is 48.6 Å². The summed E-state index contributed by atoms with van der Waals surface area (Å²) in [5.74, 6) is 0.00148. The first kappa shape index (κ1) is 17.4. The van der Waals surface area contributed by atoms with Crippen molar-refractivity contribution in [3.05, 3.63) is 16.0 Å². The van der Waals surface area contributed by atoms with E-state index in [-0.39, 0.29) is 5.91 Å². The lowest BCUT2D eigenvalue weighted by Crippen LogP contribution is -2.44. The Morgan fingerprint density at radius 3 is 3.04 bits per heavy atom. The zero-order valence-corrected chi connectivity index (χ0v) is 15.1. The maximum absolute atomic E-state index is 12.3. The third-order valence-corrected chi connectivity index (χ3v) is 6.12. The minimum atomic E-state index is 0.00148. The molecule has 0 aromatic carbocycles. The van der Waals surface area contributed by atoms with Gasteiger partial charge in [0.25, 0.3) is 0 Å². The molecule has 1 N–H and O–H groups in total. The fourth-order valence-electron chi connectivity index (χ4n) is 3.48. The lowest BCUT2D eigenvalue weighted by Gasteiger charge is -2.32. The Kier molecular flexibility index (Phi) is 5.88. The molecule has 3 rings (SSSR count). The number of ether oxygens (including phenoxy) is 1. The van der Waals surface area contributed by atoms with E-state index in [2.05, 4.69) is 23.2 Å². The highest BCUT2D eigenvalue weighted by atomic mass is 32.1. The van der Waals surface area contributed by atoms with Crippen molar-refractivity contribution in [3.63, 3.8) is 0 Å². The molecule has 1 aliphatic heterocycles. The summed E-state index contributed by atoms with van der Waals surface area (Å²) in [5, 5.41) is 13.3. The molecule has 2 aliphatic rings. The van der Waals surface area contributed by atoms with Gasteiger partial charge in [0.2, 0.25) is 5.91 Å². The van der Waals surface area contributed by atoms with Gasteiger partial charge in [-0.2, -0.15) is 5.26 Å². The smallest absolute Gasteiger partial charge is 0.226 e. The van der Waals surface area contributed by atoms with Crippen molar-refractivity contribution in [1.82, 2.24) is 4.90 Å². The number of morpholine rings is 1. The van der Waals surface area contributed by atoms with Gasteiger partial charge < -0.3 is 10.1 Å². The van der Waals surface area contributed by atoms with Crippen LogP contribution in [0.5, 0.6) is 0 Å². The maximum Gasteiger partial charge on any atom is 0.226 e. The van der Waals surface area contributed by atoms with Crippen molar-refractivity contribution in [1.29, 1.82) is 5.26 Å². The van der Waals surface area contributed by atoms with Crippen molar-refractivity contribution >= 4 is 22.2 Å². The largest absolute Gasteiger partial charge is 0.379 e. The van der Waals surface area contributed by atoms with Crippen LogP contribution in [0.25, 0.3) is 0 Å². The highest BCUT2D eigenvalue weighted by molar-refractivity contribution is 7.16. The minimum Gasteiger partial charge on any atom is -0.379 e. The van der Waals surface area contributed by atoms with Crippen LogP contribution in [0.15, 0.2) is 0 Å². The number of thiophene rings is 1. The fourth-order valence-corrected chi connectivity index (χ4v) is 4.73. The van der Waals surface area contributed by atoms with Crippen LogP contribution < -0.4 is 5.32 Å². The molecule has 1 aromatic rings. The normalized spacial score (nSPS) is 21.6. The first-order chi connectivity index (χ1) is 11.7. The number of hydrogen-bond acceptors (Lipinski definition) is 5. The van der Waals surface area contributed by atoms with E-state index in [0.29, 0.717) is 18.0 Å². The Labute approximate surface area is 147 Å².